The van der Waals surface area contributed by atoms with Gasteiger partial charge in [-0.25, -0.2) is 4.98 Å². The van der Waals surface area contributed by atoms with Gasteiger partial charge in [-0.2, -0.15) is 0 Å². The third kappa shape index (κ3) is 4.44. The number of aryl methyl sites for hydroxylation is 2. The molecule has 0 amide bonds. The van der Waals surface area contributed by atoms with Gasteiger partial charge in [0.1, 0.15) is 5.82 Å². The summed E-state index contributed by atoms with van der Waals surface area (Å²) in [6.07, 6.45) is 9.98. The minimum Gasteiger partial charge on any atom is -0.369 e. The van der Waals surface area contributed by atoms with Crippen molar-refractivity contribution in [2.24, 2.45) is 0 Å². The van der Waals surface area contributed by atoms with Gasteiger partial charge in [0, 0.05) is 18.8 Å². The number of aromatic nitrogens is 2. The van der Waals surface area contributed by atoms with Crippen molar-refractivity contribution < 1.29 is 0 Å². The molecule has 112 valence electrons. The van der Waals surface area contributed by atoms with Gasteiger partial charge in [-0.15, -0.1) is 0 Å². The molecule has 0 aliphatic heterocycles. The molecule has 1 fully saturated rings. The molecule has 0 saturated heterocycles. The van der Waals surface area contributed by atoms with Gasteiger partial charge in [-0.1, -0.05) is 19.3 Å². The molecule has 1 aromatic rings. The summed E-state index contributed by atoms with van der Waals surface area (Å²) in [4.78, 5) is 11.4. The van der Waals surface area contributed by atoms with Gasteiger partial charge < -0.3 is 10.2 Å². The van der Waals surface area contributed by atoms with Gasteiger partial charge in [0.25, 0.3) is 0 Å². The number of nitrogens with one attached hydrogen (secondary N) is 1. The predicted octanol–water partition coefficient (Wildman–Crippen LogP) is 3.16. The predicted molar refractivity (Wildman–Crippen MR) is 84.1 cm³/mol. The van der Waals surface area contributed by atoms with Crippen molar-refractivity contribution in [1.82, 2.24) is 14.9 Å². The molecule has 0 bridgehead atoms. The zero-order valence-electron chi connectivity index (χ0n) is 13.2. The fraction of sp³-hybridized carbons (Fsp3) is 0.750. The largest absolute Gasteiger partial charge is 0.369 e. The highest BCUT2D eigenvalue weighted by molar-refractivity contribution is 5.39. The van der Waals surface area contributed by atoms with Gasteiger partial charge in [-0.3, -0.25) is 4.98 Å². The maximum atomic E-state index is 4.49. The maximum absolute atomic E-state index is 4.49. The molecule has 2 rings (SSSR count). The van der Waals surface area contributed by atoms with Crippen LogP contribution in [0.1, 0.15) is 49.9 Å². The summed E-state index contributed by atoms with van der Waals surface area (Å²) >= 11 is 0. The van der Waals surface area contributed by atoms with Crippen molar-refractivity contribution in [2.75, 3.05) is 25.5 Å². The van der Waals surface area contributed by atoms with Crippen LogP contribution in [0.25, 0.3) is 0 Å². The summed E-state index contributed by atoms with van der Waals surface area (Å²) in [5.74, 6) is 0.935. The minimum atomic E-state index is 0.809. The quantitative estimate of drug-likeness (QED) is 0.810. The average Bonchev–Trinajstić information content (AvgIpc) is 2.47. The lowest BCUT2D eigenvalue weighted by Gasteiger charge is -2.31. The second kappa shape index (κ2) is 7.58. The van der Waals surface area contributed by atoms with Gasteiger partial charge in [-0.05, 0) is 46.7 Å². The summed E-state index contributed by atoms with van der Waals surface area (Å²) in [6, 6.07) is 0.809. The number of rotatable bonds is 6. The van der Waals surface area contributed by atoms with Crippen molar-refractivity contribution in [3.8, 4) is 0 Å². The highest BCUT2D eigenvalue weighted by Gasteiger charge is 2.17. The van der Waals surface area contributed by atoms with Crippen molar-refractivity contribution >= 4 is 5.82 Å². The van der Waals surface area contributed by atoms with Crippen LogP contribution in [0.3, 0.4) is 0 Å². The Hall–Kier alpha value is -1.16. The van der Waals surface area contributed by atoms with Crippen molar-refractivity contribution in [3.63, 3.8) is 0 Å². The smallest absolute Gasteiger partial charge is 0.147 e. The van der Waals surface area contributed by atoms with Crippen LogP contribution in [-0.2, 0) is 0 Å². The third-order valence-electron chi connectivity index (χ3n) is 4.25. The van der Waals surface area contributed by atoms with E-state index in [1.807, 2.05) is 20.0 Å². The second-order valence-electron chi connectivity index (χ2n) is 6.00. The van der Waals surface area contributed by atoms with E-state index >= 15 is 0 Å². The Morgan fingerprint density at radius 1 is 1.25 bits per heavy atom. The highest BCUT2D eigenvalue weighted by atomic mass is 15.1. The highest BCUT2D eigenvalue weighted by Crippen LogP contribution is 2.21. The molecule has 0 spiro atoms. The zero-order chi connectivity index (χ0) is 14.4. The molecule has 1 N–H and O–H groups in total. The normalized spacial score (nSPS) is 16.6. The standard InChI is InChI=1S/C16H28N4/c1-13-12-18-14(2)16(19-13)17-10-7-11-20(3)15-8-5-4-6-9-15/h12,15H,4-11H2,1-3H3,(H,17,19). The molecule has 1 aliphatic rings. The lowest BCUT2D eigenvalue weighted by atomic mass is 9.94. The van der Waals surface area contributed by atoms with Crippen molar-refractivity contribution in [3.05, 3.63) is 17.6 Å². The van der Waals surface area contributed by atoms with Crippen LogP contribution in [0.15, 0.2) is 6.20 Å². The van der Waals surface area contributed by atoms with Crippen molar-refractivity contribution in [2.45, 2.75) is 58.4 Å². The number of hydrogen-bond donors (Lipinski definition) is 1. The van der Waals surface area contributed by atoms with E-state index in [9.17, 15) is 0 Å². The summed E-state index contributed by atoms with van der Waals surface area (Å²) in [5.41, 5.74) is 1.95. The van der Waals surface area contributed by atoms with E-state index in [1.165, 1.54) is 32.1 Å². The van der Waals surface area contributed by atoms with E-state index in [1.54, 1.807) is 0 Å². The van der Waals surface area contributed by atoms with Crippen LogP contribution in [0, 0.1) is 13.8 Å². The van der Waals surface area contributed by atoms with E-state index < -0.39 is 0 Å². The first-order valence-corrected chi connectivity index (χ1v) is 7.91. The Morgan fingerprint density at radius 3 is 2.75 bits per heavy atom. The monoisotopic (exact) mass is 276 g/mol. The van der Waals surface area contributed by atoms with E-state index in [4.69, 9.17) is 0 Å². The Labute approximate surface area is 123 Å². The number of nitrogens with zero attached hydrogens (tertiary/aromatic N) is 3. The Morgan fingerprint density at radius 2 is 2.00 bits per heavy atom. The number of anilines is 1. The van der Waals surface area contributed by atoms with Gasteiger partial charge in [0.15, 0.2) is 0 Å². The molecule has 1 aromatic heterocycles. The van der Waals surface area contributed by atoms with E-state index in [-0.39, 0.29) is 0 Å². The topological polar surface area (TPSA) is 41.1 Å². The molecular weight excluding hydrogens is 248 g/mol. The molecule has 1 heterocycles. The van der Waals surface area contributed by atoms with E-state index in [0.717, 1.165) is 42.8 Å². The van der Waals surface area contributed by atoms with Crippen molar-refractivity contribution in [1.29, 1.82) is 0 Å². The summed E-state index contributed by atoms with van der Waals surface area (Å²) in [7, 11) is 2.27. The summed E-state index contributed by atoms with van der Waals surface area (Å²) < 4.78 is 0. The van der Waals surface area contributed by atoms with Crippen LogP contribution in [-0.4, -0.2) is 41.0 Å². The molecule has 0 unspecified atom stereocenters. The minimum absolute atomic E-state index is 0.809. The van der Waals surface area contributed by atoms with Crippen LogP contribution < -0.4 is 5.32 Å². The first-order valence-electron chi connectivity index (χ1n) is 7.91. The van der Waals surface area contributed by atoms with Gasteiger partial charge >= 0.3 is 0 Å². The Kier molecular flexibility index (Phi) is 5.77. The molecule has 20 heavy (non-hydrogen) atoms. The molecule has 1 aliphatic carbocycles. The molecule has 0 atom stereocenters. The first kappa shape index (κ1) is 15.2. The Balaban J connectivity index is 1.69. The lowest BCUT2D eigenvalue weighted by molar-refractivity contribution is 0.191. The lowest BCUT2D eigenvalue weighted by Crippen LogP contribution is -2.34. The SMILES string of the molecule is Cc1cnc(C)c(NCCCN(C)C2CCCCC2)n1. The Bertz CT molecular complexity index is 413. The molecule has 4 heteroatoms. The second-order valence-corrected chi connectivity index (χ2v) is 6.00. The molecular formula is C16H28N4. The molecule has 0 radical (unpaired) electrons. The van der Waals surface area contributed by atoms with Crippen LogP contribution in [0.2, 0.25) is 0 Å². The fourth-order valence-electron chi connectivity index (χ4n) is 2.94. The summed E-state index contributed by atoms with van der Waals surface area (Å²) in [6.45, 7) is 6.11. The average molecular weight is 276 g/mol. The van der Waals surface area contributed by atoms with Crippen LogP contribution >= 0.6 is 0 Å². The zero-order valence-corrected chi connectivity index (χ0v) is 13.2. The number of hydrogen-bond acceptors (Lipinski definition) is 4. The van der Waals surface area contributed by atoms with Crippen LogP contribution in [0.5, 0.6) is 0 Å². The maximum Gasteiger partial charge on any atom is 0.147 e. The third-order valence-corrected chi connectivity index (χ3v) is 4.25. The molecule has 1 saturated carbocycles. The molecule has 4 nitrogen and oxygen atoms in total. The van der Waals surface area contributed by atoms with Crippen LogP contribution in [0.4, 0.5) is 5.82 Å². The van der Waals surface area contributed by atoms with E-state index in [2.05, 4.69) is 27.2 Å². The summed E-state index contributed by atoms with van der Waals surface area (Å²) in [5, 5.41) is 3.41. The van der Waals surface area contributed by atoms with Gasteiger partial charge in [0.2, 0.25) is 0 Å². The van der Waals surface area contributed by atoms with E-state index in [0.29, 0.717) is 0 Å². The fourth-order valence-corrected chi connectivity index (χ4v) is 2.94. The van der Waals surface area contributed by atoms with Gasteiger partial charge in [0.05, 0.1) is 11.4 Å². The first-order chi connectivity index (χ1) is 9.66. The molecule has 0 aromatic carbocycles.